The van der Waals surface area contributed by atoms with Gasteiger partial charge in [0.25, 0.3) is 0 Å². The van der Waals surface area contributed by atoms with Crippen LogP contribution in [0.15, 0.2) is 72.8 Å². The Morgan fingerprint density at radius 2 is 1.62 bits per heavy atom. The molecule has 0 heterocycles. The average molecular weight is 533 g/mol. The highest BCUT2D eigenvalue weighted by Gasteiger charge is 2.21. The molecule has 0 saturated carbocycles. The number of aliphatic carboxylic acids is 1. The number of para-hydroxylation sites is 1. The Morgan fingerprint density at radius 3 is 2.28 bits per heavy atom. The van der Waals surface area contributed by atoms with Gasteiger partial charge in [-0.2, -0.15) is 0 Å². The van der Waals surface area contributed by atoms with E-state index in [4.69, 9.17) is 4.74 Å². The predicted octanol–water partition coefficient (Wildman–Crippen LogP) is 5.02. The number of hydrogen-bond acceptors (Lipinski definition) is 5. The number of carbonyl (C=O) groups is 3. The van der Waals surface area contributed by atoms with Crippen LogP contribution in [0.4, 0.5) is 16.2 Å². The van der Waals surface area contributed by atoms with Crippen LogP contribution in [0.25, 0.3) is 0 Å². The Hall–Kier alpha value is -4.37. The van der Waals surface area contributed by atoms with Crippen LogP contribution in [0, 0.1) is 6.92 Å². The number of nitrogens with one attached hydrogen (secondary N) is 3. The van der Waals surface area contributed by atoms with Crippen molar-refractivity contribution in [2.45, 2.75) is 45.8 Å². The predicted molar refractivity (Wildman–Crippen MR) is 152 cm³/mol. The van der Waals surface area contributed by atoms with E-state index in [2.05, 4.69) is 16.0 Å². The highest BCUT2D eigenvalue weighted by molar-refractivity contribution is 6.01. The van der Waals surface area contributed by atoms with Gasteiger partial charge in [-0.15, -0.1) is 0 Å². The molecule has 0 radical (unpaired) electrons. The van der Waals surface area contributed by atoms with Gasteiger partial charge in [0.2, 0.25) is 5.91 Å². The van der Waals surface area contributed by atoms with Crippen LogP contribution in [-0.2, 0) is 22.6 Å². The second-order valence-corrected chi connectivity index (χ2v) is 9.20. The maximum Gasteiger partial charge on any atom is 0.323 e. The fourth-order valence-electron chi connectivity index (χ4n) is 4.21. The fourth-order valence-corrected chi connectivity index (χ4v) is 4.21. The standard InChI is InChI=1S/C30H36N4O5/c1-4-27(34(17-16-29(36)37)20-22-11-6-5-7-12-22)33-28(35)19-23-14-15-25(26(18-23)39-3)32-30(38)31-24-13-9-8-10-21(24)2/h5-15,18,27H,4,16-17,19-20H2,1-3H3,(H,33,35)(H,36,37)(H2,31,32,38). The highest BCUT2D eigenvalue weighted by Crippen LogP contribution is 2.26. The number of carbonyl (C=O) groups excluding carboxylic acids is 2. The zero-order chi connectivity index (χ0) is 28.2. The molecule has 1 unspecified atom stereocenters. The van der Waals surface area contributed by atoms with E-state index in [1.807, 2.05) is 73.3 Å². The third-order valence-corrected chi connectivity index (χ3v) is 6.27. The van der Waals surface area contributed by atoms with Crippen LogP contribution < -0.4 is 20.7 Å². The van der Waals surface area contributed by atoms with E-state index in [0.717, 1.165) is 11.1 Å². The first-order valence-corrected chi connectivity index (χ1v) is 12.9. The van der Waals surface area contributed by atoms with E-state index in [1.54, 1.807) is 18.2 Å². The molecular formula is C30H36N4O5. The lowest BCUT2D eigenvalue weighted by atomic mass is 10.1. The van der Waals surface area contributed by atoms with Crippen molar-refractivity contribution in [3.05, 3.63) is 89.5 Å². The molecule has 0 aromatic heterocycles. The molecule has 0 aliphatic carbocycles. The SMILES string of the molecule is CCC(NC(=O)Cc1ccc(NC(=O)Nc2ccccc2C)c(OC)c1)N(CCC(=O)O)Cc1ccccc1. The Bertz CT molecular complexity index is 1270. The molecule has 39 heavy (non-hydrogen) atoms. The molecule has 1 atom stereocenters. The van der Waals surface area contributed by atoms with Gasteiger partial charge < -0.3 is 25.8 Å². The van der Waals surface area contributed by atoms with E-state index in [9.17, 15) is 19.5 Å². The van der Waals surface area contributed by atoms with Crippen molar-refractivity contribution in [3.63, 3.8) is 0 Å². The molecule has 3 aromatic carbocycles. The molecule has 4 N–H and O–H groups in total. The first kappa shape index (κ1) is 29.2. The summed E-state index contributed by atoms with van der Waals surface area (Å²) in [5.41, 5.74) is 3.87. The Balaban J connectivity index is 1.64. The first-order valence-electron chi connectivity index (χ1n) is 12.9. The lowest BCUT2D eigenvalue weighted by Crippen LogP contribution is -2.48. The largest absolute Gasteiger partial charge is 0.495 e. The van der Waals surface area contributed by atoms with Gasteiger partial charge in [-0.05, 0) is 48.2 Å². The highest BCUT2D eigenvalue weighted by atomic mass is 16.5. The summed E-state index contributed by atoms with van der Waals surface area (Å²) in [5.74, 6) is -0.655. The molecule has 206 valence electrons. The smallest absolute Gasteiger partial charge is 0.323 e. The maximum atomic E-state index is 13.0. The van der Waals surface area contributed by atoms with Crippen molar-refractivity contribution in [1.82, 2.24) is 10.2 Å². The summed E-state index contributed by atoms with van der Waals surface area (Å²) in [7, 11) is 1.50. The molecule has 0 spiro atoms. The van der Waals surface area contributed by atoms with E-state index in [0.29, 0.717) is 42.2 Å². The Morgan fingerprint density at radius 1 is 0.923 bits per heavy atom. The Labute approximate surface area is 229 Å². The average Bonchev–Trinajstić information content (AvgIpc) is 2.92. The molecule has 0 bridgehead atoms. The van der Waals surface area contributed by atoms with Crippen molar-refractivity contribution >= 4 is 29.3 Å². The fraction of sp³-hybridized carbons (Fsp3) is 0.300. The second-order valence-electron chi connectivity index (χ2n) is 9.20. The van der Waals surface area contributed by atoms with Crippen LogP contribution in [0.5, 0.6) is 5.75 Å². The van der Waals surface area contributed by atoms with Crippen molar-refractivity contribution in [2.24, 2.45) is 0 Å². The first-order chi connectivity index (χ1) is 18.8. The number of anilines is 2. The number of carboxylic acids is 1. The van der Waals surface area contributed by atoms with Crippen LogP contribution >= 0.6 is 0 Å². The molecule has 3 aromatic rings. The number of hydrogen-bond donors (Lipinski definition) is 4. The lowest BCUT2D eigenvalue weighted by Gasteiger charge is -2.31. The van der Waals surface area contributed by atoms with E-state index < -0.39 is 12.0 Å². The lowest BCUT2D eigenvalue weighted by molar-refractivity contribution is -0.137. The van der Waals surface area contributed by atoms with Gasteiger partial charge in [-0.1, -0.05) is 61.5 Å². The molecule has 0 saturated heterocycles. The van der Waals surface area contributed by atoms with Gasteiger partial charge in [0.1, 0.15) is 5.75 Å². The summed E-state index contributed by atoms with van der Waals surface area (Å²) in [6.07, 6.45) is 0.355. The topological polar surface area (TPSA) is 120 Å². The van der Waals surface area contributed by atoms with Crippen molar-refractivity contribution in [1.29, 1.82) is 0 Å². The zero-order valence-corrected chi connectivity index (χ0v) is 22.6. The molecule has 0 aliphatic heterocycles. The minimum Gasteiger partial charge on any atom is -0.495 e. The molecule has 9 nitrogen and oxygen atoms in total. The van der Waals surface area contributed by atoms with Gasteiger partial charge >= 0.3 is 12.0 Å². The molecule has 3 rings (SSSR count). The normalized spacial score (nSPS) is 11.5. The van der Waals surface area contributed by atoms with Crippen molar-refractivity contribution in [2.75, 3.05) is 24.3 Å². The molecular weight excluding hydrogens is 496 g/mol. The number of rotatable bonds is 13. The summed E-state index contributed by atoms with van der Waals surface area (Å²) in [5, 5.41) is 17.9. The van der Waals surface area contributed by atoms with Gasteiger partial charge in [0.05, 0.1) is 31.8 Å². The summed E-state index contributed by atoms with van der Waals surface area (Å²) >= 11 is 0. The number of aryl methyl sites for hydroxylation is 1. The minimum atomic E-state index is -0.886. The van der Waals surface area contributed by atoms with Gasteiger partial charge in [0, 0.05) is 18.8 Å². The van der Waals surface area contributed by atoms with Crippen LogP contribution in [0.3, 0.4) is 0 Å². The number of carboxylic acid groups (broad SMARTS) is 1. The summed E-state index contributed by atoms with van der Waals surface area (Å²) < 4.78 is 5.47. The number of amides is 3. The quantitative estimate of drug-likeness (QED) is 0.230. The minimum absolute atomic E-state index is 0.0255. The summed E-state index contributed by atoms with van der Waals surface area (Å²) in [6.45, 7) is 4.69. The number of benzene rings is 3. The number of ether oxygens (including phenoxy) is 1. The van der Waals surface area contributed by atoms with Gasteiger partial charge in [-0.25, -0.2) is 4.79 Å². The third kappa shape index (κ3) is 9.15. The third-order valence-electron chi connectivity index (χ3n) is 6.27. The van der Waals surface area contributed by atoms with E-state index in [-0.39, 0.29) is 24.9 Å². The second kappa shape index (κ2) is 14.5. The van der Waals surface area contributed by atoms with Crippen LogP contribution in [0.2, 0.25) is 0 Å². The molecule has 0 aliphatic rings. The molecule has 3 amide bonds. The van der Waals surface area contributed by atoms with Gasteiger partial charge in [-0.3, -0.25) is 14.5 Å². The van der Waals surface area contributed by atoms with Gasteiger partial charge in [0.15, 0.2) is 0 Å². The number of methoxy groups -OCH3 is 1. The zero-order valence-electron chi connectivity index (χ0n) is 22.6. The monoisotopic (exact) mass is 532 g/mol. The van der Waals surface area contributed by atoms with Crippen molar-refractivity contribution in [3.8, 4) is 5.75 Å². The number of urea groups is 1. The van der Waals surface area contributed by atoms with E-state index >= 15 is 0 Å². The van der Waals surface area contributed by atoms with E-state index in [1.165, 1.54) is 7.11 Å². The Kier molecular flexibility index (Phi) is 10.9. The molecule has 9 heteroatoms. The maximum absolute atomic E-state index is 13.0. The van der Waals surface area contributed by atoms with Crippen LogP contribution in [-0.4, -0.2) is 47.7 Å². The number of nitrogens with zero attached hydrogens (tertiary/aromatic N) is 1. The summed E-state index contributed by atoms with van der Waals surface area (Å²) in [6, 6.07) is 22.0. The van der Waals surface area contributed by atoms with Crippen LogP contribution in [0.1, 0.15) is 36.5 Å². The van der Waals surface area contributed by atoms with Crippen molar-refractivity contribution < 1.29 is 24.2 Å². The summed E-state index contributed by atoms with van der Waals surface area (Å²) in [4.78, 5) is 38.7. The molecule has 0 fully saturated rings.